The van der Waals surface area contributed by atoms with Crippen molar-refractivity contribution in [3.8, 4) is 0 Å². The molecule has 0 radical (unpaired) electrons. The number of anilines is 1. The first kappa shape index (κ1) is 24.5. The number of aryl methyl sites for hydroxylation is 1. The number of benzene rings is 2. The fourth-order valence-corrected chi connectivity index (χ4v) is 5.83. The van der Waals surface area contributed by atoms with Crippen molar-refractivity contribution in [3.63, 3.8) is 0 Å². The monoisotopic (exact) mass is 517 g/mol. The first-order valence-electron chi connectivity index (χ1n) is 10.5. The molecular formula is C22H21F2N7O2S2. The second-order valence-corrected chi connectivity index (χ2v) is 10.0. The number of aromatic nitrogens is 2. The second kappa shape index (κ2) is 10.4. The molecule has 4 rings (SSSR count). The molecule has 3 aromatic rings. The predicted molar refractivity (Wildman–Crippen MR) is 132 cm³/mol. The molecule has 0 saturated heterocycles. The van der Waals surface area contributed by atoms with Crippen molar-refractivity contribution in [2.24, 2.45) is 10.8 Å². The third kappa shape index (κ3) is 5.41. The van der Waals surface area contributed by atoms with Crippen molar-refractivity contribution in [1.82, 2.24) is 15.5 Å². The number of hydrazone groups is 1. The lowest BCUT2D eigenvalue weighted by atomic mass is 10.0. The van der Waals surface area contributed by atoms with Gasteiger partial charge in [0.1, 0.15) is 26.6 Å². The van der Waals surface area contributed by atoms with Gasteiger partial charge in [-0.15, -0.1) is 10.2 Å². The minimum absolute atomic E-state index is 0.0512. The zero-order valence-corrected chi connectivity index (χ0v) is 20.2. The summed E-state index contributed by atoms with van der Waals surface area (Å²) in [6.45, 7) is 2.16. The third-order valence-electron chi connectivity index (χ3n) is 5.14. The molecule has 0 saturated carbocycles. The highest BCUT2D eigenvalue weighted by Crippen LogP contribution is 2.52. The molecule has 1 aromatic heterocycles. The molecule has 3 N–H and O–H groups in total. The lowest BCUT2D eigenvalue weighted by Gasteiger charge is -2.35. The van der Waals surface area contributed by atoms with E-state index in [0.29, 0.717) is 35.8 Å². The number of nitrogens with one attached hydrogen (secondary N) is 1. The summed E-state index contributed by atoms with van der Waals surface area (Å²) in [6, 6.07) is 12.8. The molecule has 1 atom stereocenters. The fraction of sp³-hybridized carbons (Fsp3) is 0.227. The van der Waals surface area contributed by atoms with Crippen LogP contribution in [0.3, 0.4) is 0 Å². The summed E-state index contributed by atoms with van der Waals surface area (Å²) in [6.07, 6.45) is 1.70. The molecule has 1 aliphatic rings. The molecule has 2 aromatic carbocycles. The molecule has 35 heavy (non-hydrogen) atoms. The molecule has 0 bridgehead atoms. The average Bonchev–Trinajstić information content (AvgIpc) is 3.43. The average molecular weight is 518 g/mol. The predicted octanol–water partition coefficient (Wildman–Crippen LogP) is 4.30. The van der Waals surface area contributed by atoms with Crippen molar-refractivity contribution in [1.29, 1.82) is 0 Å². The number of thioether (sulfide) groups is 1. The van der Waals surface area contributed by atoms with Gasteiger partial charge in [-0.1, -0.05) is 53.4 Å². The Hall–Kier alpha value is -3.58. The van der Waals surface area contributed by atoms with Crippen molar-refractivity contribution >= 4 is 33.3 Å². The van der Waals surface area contributed by atoms with Crippen LogP contribution in [0.1, 0.15) is 29.0 Å². The maximum absolute atomic E-state index is 14.7. The first-order chi connectivity index (χ1) is 16.8. The van der Waals surface area contributed by atoms with E-state index in [2.05, 4.69) is 15.5 Å². The van der Waals surface area contributed by atoms with E-state index in [-0.39, 0.29) is 11.4 Å². The van der Waals surface area contributed by atoms with Crippen LogP contribution in [0.5, 0.6) is 0 Å². The van der Waals surface area contributed by atoms with Gasteiger partial charge in [-0.3, -0.25) is 10.1 Å². The molecule has 0 fully saturated rings. The summed E-state index contributed by atoms with van der Waals surface area (Å²) in [5.74, 6) is -1.22. The first-order valence-corrected chi connectivity index (χ1v) is 12.2. The highest BCUT2D eigenvalue weighted by Gasteiger charge is 2.47. The molecule has 1 aliphatic heterocycles. The molecule has 9 nitrogen and oxygen atoms in total. The van der Waals surface area contributed by atoms with Gasteiger partial charge in [0.2, 0.25) is 5.13 Å². The molecule has 13 heteroatoms. The van der Waals surface area contributed by atoms with Crippen LogP contribution < -0.4 is 16.1 Å². The highest BCUT2D eigenvalue weighted by atomic mass is 32.2. The summed E-state index contributed by atoms with van der Waals surface area (Å²) >= 11 is 2.63. The van der Waals surface area contributed by atoms with E-state index < -0.39 is 21.4 Å². The Kier molecular flexibility index (Phi) is 7.26. The van der Waals surface area contributed by atoms with Gasteiger partial charge >= 0.3 is 0 Å². The van der Waals surface area contributed by atoms with Gasteiger partial charge < -0.3 is 11.1 Å². The smallest absolute Gasteiger partial charge is 0.273 e. The van der Waals surface area contributed by atoms with Crippen LogP contribution in [0.25, 0.3) is 0 Å². The minimum atomic E-state index is -0.857. The number of rotatable bonds is 9. The van der Waals surface area contributed by atoms with Crippen molar-refractivity contribution in [2.75, 3.05) is 11.6 Å². The van der Waals surface area contributed by atoms with Crippen molar-refractivity contribution in [3.05, 3.63) is 98.4 Å². The normalized spacial score (nSPS) is 18.0. The molecular weight excluding hydrogens is 496 g/mol. The van der Waals surface area contributed by atoms with Crippen molar-refractivity contribution in [2.45, 2.75) is 24.6 Å². The van der Waals surface area contributed by atoms with Gasteiger partial charge in [-0.2, -0.15) is 5.10 Å². The highest BCUT2D eigenvalue weighted by molar-refractivity contribution is 8.15. The quantitative estimate of drug-likeness (QED) is 0.245. The van der Waals surface area contributed by atoms with E-state index in [1.54, 1.807) is 5.01 Å². The number of nitrogens with two attached hydrogens (primary N) is 1. The van der Waals surface area contributed by atoms with Gasteiger partial charge in [0.05, 0.1) is 4.92 Å². The standard InChI is InChI=1S/C22H21F2N7O2S2/c1-14-27-28-21(34-14)31-22(15-6-3-2-4-7-15,10-5-11-26-19(25)13-30(32)33)35-20(29-31)17-12-16(23)8-9-18(17)24/h2-4,6-9,12-13,26H,5,10-11,25H2,1H3/b19-13+. The molecule has 0 amide bonds. The van der Waals surface area contributed by atoms with Gasteiger partial charge in [-0.05, 0) is 43.5 Å². The van der Waals surface area contributed by atoms with Gasteiger partial charge in [0.15, 0.2) is 5.82 Å². The van der Waals surface area contributed by atoms with Crippen LogP contribution in [0.4, 0.5) is 13.9 Å². The van der Waals surface area contributed by atoms with Gasteiger partial charge in [-0.25, -0.2) is 13.8 Å². The van der Waals surface area contributed by atoms with Crippen LogP contribution in [0, 0.1) is 28.7 Å². The van der Waals surface area contributed by atoms with E-state index in [0.717, 1.165) is 28.8 Å². The Labute approximate surface area is 207 Å². The minimum Gasteiger partial charge on any atom is -0.380 e. The number of nitrogens with zero attached hydrogens (tertiary/aromatic N) is 5. The number of hydrogen-bond donors (Lipinski definition) is 2. The zero-order valence-electron chi connectivity index (χ0n) is 18.5. The second-order valence-electron chi connectivity index (χ2n) is 7.60. The molecule has 182 valence electrons. The van der Waals surface area contributed by atoms with Crippen LogP contribution >= 0.6 is 23.1 Å². The van der Waals surface area contributed by atoms with Gasteiger partial charge in [0, 0.05) is 12.1 Å². The molecule has 0 spiro atoms. The lowest BCUT2D eigenvalue weighted by Crippen LogP contribution is -2.38. The van der Waals surface area contributed by atoms with Crippen LogP contribution in [0.2, 0.25) is 0 Å². The van der Waals surface area contributed by atoms with Crippen LogP contribution in [-0.2, 0) is 4.87 Å². The summed E-state index contributed by atoms with van der Waals surface area (Å²) in [7, 11) is 0. The maximum Gasteiger partial charge on any atom is 0.273 e. The Bertz CT molecular complexity index is 1290. The largest absolute Gasteiger partial charge is 0.380 e. The molecule has 2 heterocycles. The van der Waals surface area contributed by atoms with Crippen LogP contribution in [-0.4, -0.2) is 26.7 Å². The topological polar surface area (TPSA) is 123 Å². The number of halogens is 2. The summed E-state index contributed by atoms with van der Waals surface area (Å²) in [4.78, 5) is 9.14. The third-order valence-corrected chi connectivity index (χ3v) is 7.40. The number of nitro groups is 1. The van der Waals surface area contributed by atoms with Crippen molar-refractivity contribution < 1.29 is 13.7 Å². The van der Waals surface area contributed by atoms with E-state index in [1.807, 2.05) is 37.3 Å². The Balaban J connectivity index is 1.73. The van der Waals surface area contributed by atoms with E-state index in [1.165, 1.54) is 23.1 Å². The zero-order chi connectivity index (χ0) is 25.0. The van der Waals surface area contributed by atoms with E-state index in [4.69, 9.17) is 10.8 Å². The van der Waals surface area contributed by atoms with E-state index in [9.17, 15) is 18.9 Å². The molecule has 1 unspecified atom stereocenters. The Morgan fingerprint density at radius 3 is 2.71 bits per heavy atom. The summed E-state index contributed by atoms with van der Waals surface area (Å²) < 4.78 is 28.7. The summed E-state index contributed by atoms with van der Waals surface area (Å²) in [5.41, 5.74) is 6.57. The maximum atomic E-state index is 14.7. The fourth-order valence-electron chi connectivity index (χ4n) is 3.64. The molecule has 0 aliphatic carbocycles. The lowest BCUT2D eigenvalue weighted by molar-refractivity contribution is -0.403. The Morgan fingerprint density at radius 2 is 2.03 bits per heavy atom. The SMILES string of the molecule is Cc1nnc(N2N=C(c3cc(F)ccc3F)SC2(CCCN/C(N)=C/[N+](=O)[O-])c2ccccc2)s1. The van der Waals surface area contributed by atoms with E-state index >= 15 is 0 Å². The Morgan fingerprint density at radius 1 is 1.26 bits per heavy atom. The van der Waals surface area contributed by atoms with Crippen LogP contribution in [0.15, 0.2) is 65.7 Å². The van der Waals surface area contributed by atoms with Gasteiger partial charge in [0.25, 0.3) is 6.20 Å². The summed E-state index contributed by atoms with van der Waals surface area (Å²) in [5, 5.41) is 29.8. The number of hydrogen-bond acceptors (Lipinski definition) is 10.